The Labute approximate surface area is 149 Å². The molecule has 0 unspecified atom stereocenters. The molecule has 1 amide bonds. The number of carbonyl (C=O) groups excluding carboxylic acids is 1. The summed E-state index contributed by atoms with van der Waals surface area (Å²) in [7, 11) is 0. The van der Waals surface area contributed by atoms with Crippen molar-refractivity contribution in [1.29, 1.82) is 0 Å². The Morgan fingerprint density at radius 3 is 2.72 bits per heavy atom. The molecule has 0 N–H and O–H groups in total. The summed E-state index contributed by atoms with van der Waals surface area (Å²) in [5.41, 5.74) is 0.372. The number of amides is 1. The Hall–Kier alpha value is -2.51. The van der Waals surface area contributed by atoms with Gasteiger partial charge in [0.15, 0.2) is 0 Å². The third kappa shape index (κ3) is 3.20. The van der Waals surface area contributed by atoms with E-state index in [1.54, 1.807) is 34.6 Å². The smallest absolute Gasteiger partial charge is 0.270 e. The highest BCUT2D eigenvalue weighted by molar-refractivity contribution is 7.09. The van der Waals surface area contributed by atoms with Gasteiger partial charge in [0.2, 0.25) is 0 Å². The van der Waals surface area contributed by atoms with E-state index in [0.717, 1.165) is 19.6 Å². The van der Waals surface area contributed by atoms with E-state index >= 15 is 0 Å². The van der Waals surface area contributed by atoms with Gasteiger partial charge in [-0.1, -0.05) is 12.1 Å². The average Bonchev–Trinajstić information content (AvgIpc) is 3.15. The molecule has 1 fully saturated rings. The first-order valence-electron chi connectivity index (χ1n) is 8.23. The Morgan fingerprint density at radius 1 is 1.12 bits per heavy atom. The summed E-state index contributed by atoms with van der Waals surface area (Å²) >= 11 is 1.75. The lowest BCUT2D eigenvalue weighted by Gasteiger charge is -2.34. The number of thiophene rings is 1. The lowest BCUT2D eigenvalue weighted by Crippen LogP contribution is -2.49. The number of fused-ring (bicyclic) bond motifs is 1. The molecule has 3 aromatic heterocycles. The van der Waals surface area contributed by atoms with Crippen LogP contribution in [0.1, 0.15) is 15.2 Å². The second kappa shape index (κ2) is 6.78. The number of aromatic nitrogens is 2. The topological polar surface area (TPSA) is 57.9 Å². The highest BCUT2D eigenvalue weighted by Crippen LogP contribution is 2.14. The van der Waals surface area contributed by atoms with Gasteiger partial charge in [-0.2, -0.15) is 0 Å². The minimum absolute atomic E-state index is 0.135. The van der Waals surface area contributed by atoms with Crippen LogP contribution in [0.5, 0.6) is 0 Å². The second-order valence-electron chi connectivity index (χ2n) is 6.05. The van der Waals surface area contributed by atoms with E-state index in [9.17, 15) is 9.59 Å². The summed E-state index contributed by atoms with van der Waals surface area (Å²) in [4.78, 5) is 34.9. The molecule has 0 atom stereocenters. The van der Waals surface area contributed by atoms with Crippen molar-refractivity contribution in [3.63, 3.8) is 0 Å². The highest BCUT2D eigenvalue weighted by atomic mass is 32.1. The average molecular weight is 354 g/mol. The molecule has 25 heavy (non-hydrogen) atoms. The molecule has 4 heterocycles. The second-order valence-corrected chi connectivity index (χ2v) is 7.09. The molecule has 0 saturated carbocycles. The van der Waals surface area contributed by atoms with E-state index in [-0.39, 0.29) is 17.0 Å². The van der Waals surface area contributed by atoms with Crippen LogP contribution in [0.15, 0.2) is 52.9 Å². The molecule has 7 heteroatoms. The van der Waals surface area contributed by atoms with Crippen molar-refractivity contribution in [3.05, 3.63) is 68.9 Å². The number of rotatable bonds is 3. The fourth-order valence-electron chi connectivity index (χ4n) is 3.08. The standard InChI is InChI=1S/C18H18N4O2S/c23-17(15-12-19-16-5-1-2-6-22(16)18(15)24)21-9-7-20(8-10-21)13-14-4-3-11-25-14/h1-6,11-12H,7-10,13H2. The Balaban J connectivity index is 1.47. The van der Waals surface area contributed by atoms with Gasteiger partial charge in [-0.3, -0.25) is 18.9 Å². The highest BCUT2D eigenvalue weighted by Gasteiger charge is 2.24. The lowest BCUT2D eigenvalue weighted by atomic mass is 10.2. The minimum Gasteiger partial charge on any atom is -0.336 e. The number of hydrogen-bond acceptors (Lipinski definition) is 5. The van der Waals surface area contributed by atoms with E-state index in [1.807, 2.05) is 6.07 Å². The van der Waals surface area contributed by atoms with Gasteiger partial charge >= 0.3 is 0 Å². The zero-order valence-electron chi connectivity index (χ0n) is 13.7. The zero-order valence-corrected chi connectivity index (χ0v) is 14.5. The number of piperazine rings is 1. The molecule has 3 aromatic rings. The van der Waals surface area contributed by atoms with Gasteiger partial charge in [0, 0.05) is 50.0 Å². The van der Waals surface area contributed by atoms with Gasteiger partial charge in [-0.25, -0.2) is 4.98 Å². The number of pyridine rings is 1. The Kier molecular flexibility index (Phi) is 4.33. The molecule has 0 aromatic carbocycles. The summed E-state index contributed by atoms with van der Waals surface area (Å²) in [5, 5.41) is 2.08. The largest absolute Gasteiger partial charge is 0.336 e. The van der Waals surface area contributed by atoms with Crippen LogP contribution >= 0.6 is 11.3 Å². The van der Waals surface area contributed by atoms with Crippen LogP contribution in [0.3, 0.4) is 0 Å². The van der Waals surface area contributed by atoms with E-state index < -0.39 is 0 Å². The molecule has 6 nitrogen and oxygen atoms in total. The maximum absolute atomic E-state index is 12.7. The van der Waals surface area contributed by atoms with Crippen LogP contribution in [-0.4, -0.2) is 51.3 Å². The molecule has 1 saturated heterocycles. The molecule has 0 radical (unpaired) electrons. The van der Waals surface area contributed by atoms with Crippen molar-refractivity contribution in [2.75, 3.05) is 26.2 Å². The monoisotopic (exact) mass is 354 g/mol. The maximum atomic E-state index is 12.7. The molecule has 1 aliphatic heterocycles. The van der Waals surface area contributed by atoms with E-state index in [2.05, 4.69) is 27.4 Å². The normalized spacial score (nSPS) is 15.6. The van der Waals surface area contributed by atoms with Gasteiger partial charge in [0.05, 0.1) is 0 Å². The van der Waals surface area contributed by atoms with Crippen molar-refractivity contribution in [2.45, 2.75) is 6.54 Å². The van der Waals surface area contributed by atoms with E-state index in [4.69, 9.17) is 0 Å². The fourth-order valence-corrected chi connectivity index (χ4v) is 3.82. The first kappa shape index (κ1) is 16.0. The number of carbonyl (C=O) groups is 1. The molecule has 1 aliphatic rings. The first-order chi connectivity index (χ1) is 12.2. The van der Waals surface area contributed by atoms with Crippen LogP contribution in [0.25, 0.3) is 5.65 Å². The third-order valence-electron chi connectivity index (χ3n) is 4.46. The maximum Gasteiger partial charge on any atom is 0.270 e. The molecule has 0 spiro atoms. The van der Waals surface area contributed by atoms with Crippen molar-refractivity contribution < 1.29 is 4.79 Å². The Bertz CT molecular complexity index is 943. The molecule has 128 valence electrons. The predicted octanol–water partition coefficient (Wildman–Crippen LogP) is 1.71. The van der Waals surface area contributed by atoms with Crippen molar-refractivity contribution in [3.8, 4) is 0 Å². The van der Waals surface area contributed by atoms with Crippen LogP contribution in [0.2, 0.25) is 0 Å². The molecular formula is C18H18N4O2S. The van der Waals surface area contributed by atoms with E-state index in [1.165, 1.54) is 15.5 Å². The van der Waals surface area contributed by atoms with Crippen molar-refractivity contribution in [1.82, 2.24) is 19.2 Å². The molecule has 4 rings (SSSR count). The summed E-state index contributed by atoms with van der Waals surface area (Å²) in [6.07, 6.45) is 3.04. The van der Waals surface area contributed by atoms with Gasteiger partial charge in [0.1, 0.15) is 11.2 Å². The first-order valence-corrected chi connectivity index (χ1v) is 9.11. The fraction of sp³-hybridized carbons (Fsp3) is 0.278. The number of hydrogen-bond donors (Lipinski definition) is 0. The number of nitrogens with zero attached hydrogens (tertiary/aromatic N) is 4. The zero-order chi connectivity index (χ0) is 17.2. The van der Waals surface area contributed by atoms with Crippen LogP contribution < -0.4 is 5.56 Å². The van der Waals surface area contributed by atoms with Gasteiger partial charge in [0.25, 0.3) is 11.5 Å². The van der Waals surface area contributed by atoms with Crippen molar-refractivity contribution >= 4 is 22.9 Å². The van der Waals surface area contributed by atoms with Crippen LogP contribution in [0, 0.1) is 0 Å². The summed E-state index contributed by atoms with van der Waals surface area (Å²) in [5.74, 6) is -0.230. The Morgan fingerprint density at radius 2 is 1.96 bits per heavy atom. The third-order valence-corrected chi connectivity index (χ3v) is 5.32. The molecular weight excluding hydrogens is 336 g/mol. The van der Waals surface area contributed by atoms with Crippen molar-refractivity contribution in [2.24, 2.45) is 0 Å². The summed E-state index contributed by atoms with van der Waals surface area (Å²) in [6, 6.07) is 9.51. The predicted molar refractivity (Wildman–Crippen MR) is 97.0 cm³/mol. The molecule has 0 aliphatic carbocycles. The van der Waals surface area contributed by atoms with E-state index in [0.29, 0.717) is 18.7 Å². The summed E-state index contributed by atoms with van der Waals surface area (Å²) < 4.78 is 1.42. The van der Waals surface area contributed by atoms with Gasteiger partial charge in [-0.15, -0.1) is 11.3 Å². The molecule has 0 bridgehead atoms. The SMILES string of the molecule is O=C(c1cnc2ccccn2c1=O)N1CCN(Cc2cccs2)CC1. The lowest BCUT2D eigenvalue weighted by molar-refractivity contribution is 0.0627. The minimum atomic E-state index is -0.309. The summed E-state index contributed by atoms with van der Waals surface area (Å²) in [6.45, 7) is 3.79. The van der Waals surface area contributed by atoms with Crippen LogP contribution in [-0.2, 0) is 6.54 Å². The quantitative estimate of drug-likeness (QED) is 0.719. The van der Waals surface area contributed by atoms with Crippen LogP contribution in [0.4, 0.5) is 0 Å². The van der Waals surface area contributed by atoms with Gasteiger partial charge < -0.3 is 4.90 Å². The van der Waals surface area contributed by atoms with Gasteiger partial charge in [-0.05, 0) is 23.6 Å².